The SMILES string of the molecule is CC(C)n1nnnc1SCc1ccc(Cl)c(Cl)c1. The molecule has 1 heterocycles. The Morgan fingerprint density at radius 1 is 1.28 bits per heavy atom. The second-order valence-electron chi connectivity index (χ2n) is 4.04. The predicted molar refractivity (Wildman–Crippen MR) is 74.2 cm³/mol. The van der Waals surface area contributed by atoms with Crippen LogP contribution in [0.15, 0.2) is 23.4 Å². The molecule has 0 radical (unpaired) electrons. The number of nitrogens with zero attached hydrogens (tertiary/aromatic N) is 4. The second kappa shape index (κ2) is 5.91. The quantitative estimate of drug-likeness (QED) is 0.805. The molecule has 0 amide bonds. The number of benzene rings is 1. The number of rotatable bonds is 4. The van der Waals surface area contributed by atoms with Crippen molar-refractivity contribution in [3.8, 4) is 0 Å². The standard InChI is InChI=1S/C11H12Cl2N4S/c1-7(2)17-11(14-15-16-17)18-6-8-3-4-9(12)10(13)5-8/h3-5,7H,6H2,1-2H3. The van der Waals surface area contributed by atoms with Crippen molar-refractivity contribution in [3.63, 3.8) is 0 Å². The molecule has 2 aromatic rings. The summed E-state index contributed by atoms with van der Waals surface area (Å²) < 4.78 is 1.79. The van der Waals surface area contributed by atoms with E-state index in [2.05, 4.69) is 15.5 Å². The van der Waals surface area contributed by atoms with Gasteiger partial charge in [-0.25, -0.2) is 4.68 Å². The van der Waals surface area contributed by atoms with Crippen molar-refractivity contribution in [3.05, 3.63) is 33.8 Å². The van der Waals surface area contributed by atoms with E-state index in [1.54, 1.807) is 22.5 Å². The molecule has 0 fully saturated rings. The monoisotopic (exact) mass is 302 g/mol. The maximum atomic E-state index is 5.97. The summed E-state index contributed by atoms with van der Waals surface area (Å²) in [5.41, 5.74) is 1.09. The molecular weight excluding hydrogens is 291 g/mol. The number of aromatic nitrogens is 4. The molecule has 18 heavy (non-hydrogen) atoms. The minimum atomic E-state index is 0.247. The van der Waals surface area contributed by atoms with Gasteiger partial charge in [-0.3, -0.25) is 0 Å². The number of halogens is 2. The lowest BCUT2D eigenvalue weighted by molar-refractivity contribution is 0.477. The summed E-state index contributed by atoms with van der Waals surface area (Å²) in [6, 6.07) is 5.85. The lowest BCUT2D eigenvalue weighted by Crippen LogP contribution is -2.04. The maximum Gasteiger partial charge on any atom is 0.209 e. The smallest absolute Gasteiger partial charge is 0.209 e. The van der Waals surface area contributed by atoms with Crippen molar-refractivity contribution in [2.45, 2.75) is 30.8 Å². The average Bonchev–Trinajstić information content (AvgIpc) is 2.79. The van der Waals surface area contributed by atoms with E-state index in [1.165, 1.54) is 0 Å². The van der Waals surface area contributed by atoms with Gasteiger partial charge < -0.3 is 0 Å². The molecule has 4 nitrogen and oxygen atoms in total. The zero-order chi connectivity index (χ0) is 13.1. The van der Waals surface area contributed by atoms with E-state index in [-0.39, 0.29) is 6.04 Å². The van der Waals surface area contributed by atoms with Crippen LogP contribution in [-0.4, -0.2) is 20.2 Å². The van der Waals surface area contributed by atoms with E-state index in [1.807, 2.05) is 26.0 Å². The Bertz CT molecular complexity index is 542. The van der Waals surface area contributed by atoms with Gasteiger partial charge in [0.05, 0.1) is 16.1 Å². The van der Waals surface area contributed by atoms with Gasteiger partial charge >= 0.3 is 0 Å². The fourth-order valence-corrected chi connectivity index (χ4v) is 2.65. The summed E-state index contributed by atoms with van der Waals surface area (Å²) in [7, 11) is 0. The summed E-state index contributed by atoms with van der Waals surface area (Å²) in [4.78, 5) is 0. The topological polar surface area (TPSA) is 43.6 Å². The van der Waals surface area contributed by atoms with Crippen LogP contribution in [0.3, 0.4) is 0 Å². The van der Waals surface area contributed by atoms with E-state index in [9.17, 15) is 0 Å². The van der Waals surface area contributed by atoms with Crippen LogP contribution in [0.5, 0.6) is 0 Å². The molecule has 2 rings (SSSR count). The van der Waals surface area contributed by atoms with E-state index in [0.717, 1.165) is 16.5 Å². The highest BCUT2D eigenvalue weighted by Gasteiger charge is 2.10. The molecule has 0 N–H and O–H groups in total. The third-order valence-electron chi connectivity index (χ3n) is 2.30. The Kier molecular flexibility index (Phi) is 4.48. The van der Waals surface area contributed by atoms with Gasteiger partial charge in [0.25, 0.3) is 0 Å². The van der Waals surface area contributed by atoms with Gasteiger partial charge in [0, 0.05) is 5.75 Å². The summed E-state index contributed by atoms with van der Waals surface area (Å²) in [5, 5.41) is 13.6. The van der Waals surface area contributed by atoms with Gasteiger partial charge in [0.1, 0.15) is 0 Å². The largest absolute Gasteiger partial charge is 0.218 e. The highest BCUT2D eigenvalue weighted by Crippen LogP contribution is 2.27. The third kappa shape index (κ3) is 3.16. The van der Waals surface area contributed by atoms with Crippen molar-refractivity contribution in [2.24, 2.45) is 0 Å². The highest BCUT2D eigenvalue weighted by atomic mass is 35.5. The number of hydrogen-bond donors (Lipinski definition) is 0. The van der Waals surface area contributed by atoms with Crippen LogP contribution < -0.4 is 0 Å². The van der Waals surface area contributed by atoms with Crippen molar-refractivity contribution in [1.82, 2.24) is 20.2 Å². The molecule has 0 bridgehead atoms. The second-order valence-corrected chi connectivity index (χ2v) is 5.79. The van der Waals surface area contributed by atoms with Crippen molar-refractivity contribution >= 4 is 35.0 Å². The minimum absolute atomic E-state index is 0.247. The zero-order valence-corrected chi connectivity index (χ0v) is 12.3. The Morgan fingerprint density at radius 2 is 2.06 bits per heavy atom. The van der Waals surface area contributed by atoms with Crippen LogP contribution in [0.4, 0.5) is 0 Å². The number of tetrazole rings is 1. The molecule has 0 spiro atoms. The fraction of sp³-hybridized carbons (Fsp3) is 0.364. The molecule has 0 saturated heterocycles. The molecule has 0 atom stereocenters. The summed E-state index contributed by atoms with van der Waals surface area (Å²) in [5.74, 6) is 0.754. The molecule has 1 aromatic carbocycles. The minimum Gasteiger partial charge on any atom is -0.218 e. The van der Waals surface area contributed by atoms with Gasteiger partial charge in [-0.2, -0.15) is 0 Å². The summed E-state index contributed by atoms with van der Waals surface area (Å²) >= 11 is 13.4. The lowest BCUT2D eigenvalue weighted by atomic mass is 10.2. The number of thioether (sulfide) groups is 1. The van der Waals surface area contributed by atoms with Gasteiger partial charge in [-0.1, -0.05) is 41.0 Å². The predicted octanol–water partition coefficient (Wildman–Crippen LogP) is 3.85. The van der Waals surface area contributed by atoms with Gasteiger partial charge in [-0.15, -0.1) is 5.10 Å². The normalized spacial score (nSPS) is 11.2. The lowest BCUT2D eigenvalue weighted by Gasteiger charge is -2.07. The molecule has 0 aliphatic carbocycles. The van der Waals surface area contributed by atoms with E-state index >= 15 is 0 Å². The third-order valence-corrected chi connectivity index (χ3v) is 4.05. The highest BCUT2D eigenvalue weighted by molar-refractivity contribution is 7.98. The molecule has 7 heteroatoms. The zero-order valence-electron chi connectivity index (χ0n) is 9.97. The summed E-state index contributed by atoms with van der Waals surface area (Å²) in [6.45, 7) is 4.08. The van der Waals surface area contributed by atoms with Gasteiger partial charge in [0.2, 0.25) is 5.16 Å². The van der Waals surface area contributed by atoms with Crippen LogP contribution in [0.2, 0.25) is 10.0 Å². The molecule has 0 unspecified atom stereocenters. The van der Waals surface area contributed by atoms with E-state index in [4.69, 9.17) is 23.2 Å². The van der Waals surface area contributed by atoms with E-state index < -0.39 is 0 Å². The number of hydrogen-bond acceptors (Lipinski definition) is 4. The average molecular weight is 303 g/mol. The Labute approximate surface area is 120 Å². The van der Waals surface area contributed by atoms with Crippen molar-refractivity contribution in [1.29, 1.82) is 0 Å². The first-order chi connectivity index (χ1) is 8.58. The van der Waals surface area contributed by atoms with Crippen LogP contribution in [0, 0.1) is 0 Å². The summed E-state index contributed by atoms with van der Waals surface area (Å²) in [6.07, 6.45) is 0. The molecule has 0 saturated carbocycles. The first-order valence-electron chi connectivity index (χ1n) is 5.42. The molecule has 1 aromatic heterocycles. The Hall–Kier alpha value is -0.780. The van der Waals surface area contributed by atoms with Crippen molar-refractivity contribution < 1.29 is 0 Å². The molecule has 0 aliphatic heterocycles. The maximum absolute atomic E-state index is 5.97. The molecular formula is C11H12Cl2N4S. The van der Waals surface area contributed by atoms with E-state index in [0.29, 0.717) is 10.0 Å². The fourth-order valence-electron chi connectivity index (χ4n) is 1.38. The van der Waals surface area contributed by atoms with Gasteiger partial charge in [-0.05, 0) is 42.0 Å². The van der Waals surface area contributed by atoms with Gasteiger partial charge in [0.15, 0.2) is 0 Å². The first kappa shape index (κ1) is 13.6. The molecule has 96 valence electrons. The Morgan fingerprint density at radius 3 is 2.72 bits per heavy atom. The van der Waals surface area contributed by atoms with Crippen LogP contribution in [-0.2, 0) is 5.75 Å². The first-order valence-corrected chi connectivity index (χ1v) is 7.16. The Balaban J connectivity index is 2.07. The van der Waals surface area contributed by atoms with Crippen LogP contribution in [0.1, 0.15) is 25.5 Å². The molecule has 0 aliphatic rings. The van der Waals surface area contributed by atoms with Crippen LogP contribution >= 0.6 is 35.0 Å². The van der Waals surface area contributed by atoms with Crippen molar-refractivity contribution in [2.75, 3.05) is 0 Å². The van der Waals surface area contributed by atoms with Crippen LogP contribution in [0.25, 0.3) is 0 Å².